The van der Waals surface area contributed by atoms with Gasteiger partial charge in [-0.25, -0.2) is 0 Å². The standard InChI is InChI=1S/C16H23N5O2S/c1-12-9-16(19-18-12)15-6-4-5-14(17-15)10-13-7-8-21(11-13)24(22,23)20(2)3/h4-6,9,13H,7-8,10-11H2,1-3H3,(H,18,19)/t13-/m1/s1. The van der Waals surface area contributed by atoms with Crippen molar-refractivity contribution in [3.8, 4) is 11.4 Å². The van der Waals surface area contributed by atoms with Crippen LogP contribution in [0.5, 0.6) is 0 Å². The number of aromatic nitrogens is 3. The summed E-state index contributed by atoms with van der Waals surface area (Å²) in [4.78, 5) is 4.68. The number of pyridine rings is 1. The Bertz CT molecular complexity index is 815. The SMILES string of the molecule is Cc1cc(-c2cccc(C[C@H]3CCN(S(=O)(=O)N(C)C)C3)n2)n[nH]1. The van der Waals surface area contributed by atoms with E-state index in [0.717, 1.165) is 35.6 Å². The molecule has 2 aromatic heterocycles. The van der Waals surface area contributed by atoms with Crippen LogP contribution in [0, 0.1) is 12.8 Å². The van der Waals surface area contributed by atoms with E-state index in [1.807, 2.05) is 31.2 Å². The predicted octanol–water partition coefficient (Wildman–Crippen LogP) is 1.45. The molecule has 1 fully saturated rings. The number of nitrogens with zero attached hydrogens (tertiary/aromatic N) is 4. The van der Waals surface area contributed by atoms with Crippen LogP contribution >= 0.6 is 0 Å². The van der Waals surface area contributed by atoms with E-state index in [2.05, 4.69) is 15.2 Å². The Hall–Kier alpha value is -1.77. The van der Waals surface area contributed by atoms with Gasteiger partial charge in [0.2, 0.25) is 0 Å². The molecule has 1 aliphatic rings. The monoisotopic (exact) mass is 349 g/mol. The third-order valence-corrected chi connectivity index (χ3v) is 6.22. The second kappa shape index (κ2) is 6.62. The molecule has 1 atom stereocenters. The molecule has 0 radical (unpaired) electrons. The first kappa shape index (κ1) is 17.1. The fraction of sp³-hybridized carbons (Fsp3) is 0.500. The molecule has 0 unspecified atom stereocenters. The second-order valence-corrected chi connectivity index (χ2v) is 8.60. The molecule has 0 bridgehead atoms. The summed E-state index contributed by atoms with van der Waals surface area (Å²) in [5.74, 6) is 0.295. The van der Waals surface area contributed by atoms with E-state index in [1.165, 1.54) is 4.31 Å². The van der Waals surface area contributed by atoms with Crippen LogP contribution in [0.1, 0.15) is 17.8 Å². The van der Waals surface area contributed by atoms with Crippen molar-refractivity contribution in [1.82, 2.24) is 23.8 Å². The van der Waals surface area contributed by atoms with Gasteiger partial charge in [-0.1, -0.05) is 6.07 Å². The summed E-state index contributed by atoms with van der Waals surface area (Å²) in [6.07, 6.45) is 1.64. The molecule has 3 rings (SSSR count). The lowest BCUT2D eigenvalue weighted by atomic mass is 10.0. The number of nitrogens with one attached hydrogen (secondary N) is 1. The molecule has 8 heteroatoms. The molecule has 0 amide bonds. The third-order valence-electron chi connectivity index (χ3n) is 4.31. The Morgan fingerprint density at radius 2 is 2.12 bits per heavy atom. The third kappa shape index (κ3) is 3.50. The first-order valence-electron chi connectivity index (χ1n) is 8.02. The van der Waals surface area contributed by atoms with Crippen LogP contribution in [0.15, 0.2) is 24.3 Å². The molecule has 24 heavy (non-hydrogen) atoms. The van der Waals surface area contributed by atoms with Crippen LogP contribution in [-0.4, -0.2) is 59.4 Å². The van der Waals surface area contributed by atoms with Gasteiger partial charge in [0.25, 0.3) is 10.2 Å². The summed E-state index contributed by atoms with van der Waals surface area (Å²) in [5.41, 5.74) is 3.64. The highest BCUT2D eigenvalue weighted by Crippen LogP contribution is 2.24. The highest BCUT2D eigenvalue weighted by Gasteiger charge is 2.32. The summed E-state index contributed by atoms with van der Waals surface area (Å²) >= 11 is 0. The van der Waals surface area contributed by atoms with Crippen molar-refractivity contribution in [1.29, 1.82) is 0 Å². The smallest absolute Gasteiger partial charge is 0.281 e. The van der Waals surface area contributed by atoms with Gasteiger partial charge in [-0.2, -0.15) is 22.1 Å². The van der Waals surface area contributed by atoms with Crippen molar-refractivity contribution in [3.63, 3.8) is 0 Å². The van der Waals surface area contributed by atoms with Crippen LogP contribution in [0.4, 0.5) is 0 Å². The first-order chi connectivity index (χ1) is 11.4. The first-order valence-corrected chi connectivity index (χ1v) is 9.42. The molecule has 0 aromatic carbocycles. The Kier molecular flexibility index (Phi) is 4.71. The van der Waals surface area contributed by atoms with Crippen molar-refractivity contribution in [2.75, 3.05) is 27.2 Å². The second-order valence-electron chi connectivity index (χ2n) is 6.46. The van der Waals surface area contributed by atoms with Crippen molar-refractivity contribution in [3.05, 3.63) is 35.7 Å². The van der Waals surface area contributed by atoms with E-state index in [-0.39, 0.29) is 0 Å². The van der Waals surface area contributed by atoms with Gasteiger partial charge in [-0.15, -0.1) is 0 Å². The van der Waals surface area contributed by atoms with Crippen molar-refractivity contribution < 1.29 is 8.42 Å². The lowest BCUT2D eigenvalue weighted by Gasteiger charge is -2.20. The van der Waals surface area contributed by atoms with Crippen LogP contribution < -0.4 is 0 Å². The van der Waals surface area contributed by atoms with Gasteiger partial charge in [0.15, 0.2) is 0 Å². The number of hydrogen-bond donors (Lipinski definition) is 1. The quantitative estimate of drug-likeness (QED) is 0.886. The topological polar surface area (TPSA) is 82.2 Å². The lowest BCUT2D eigenvalue weighted by Crippen LogP contribution is -2.38. The molecule has 3 heterocycles. The molecule has 2 aromatic rings. The highest BCUT2D eigenvalue weighted by molar-refractivity contribution is 7.86. The van der Waals surface area contributed by atoms with E-state index < -0.39 is 10.2 Å². The summed E-state index contributed by atoms with van der Waals surface area (Å²) < 4.78 is 27.2. The highest BCUT2D eigenvalue weighted by atomic mass is 32.2. The largest absolute Gasteiger partial charge is 0.282 e. The van der Waals surface area contributed by atoms with E-state index >= 15 is 0 Å². The van der Waals surface area contributed by atoms with E-state index in [1.54, 1.807) is 18.4 Å². The molecular formula is C16H23N5O2S. The lowest BCUT2D eigenvalue weighted by molar-refractivity contribution is 0.409. The normalized spacial score (nSPS) is 19.2. The van der Waals surface area contributed by atoms with Crippen molar-refractivity contribution >= 4 is 10.2 Å². The van der Waals surface area contributed by atoms with Gasteiger partial charge in [0.1, 0.15) is 5.69 Å². The minimum Gasteiger partial charge on any atom is -0.282 e. The van der Waals surface area contributed by atoms with Crippen LogP contribution in [-0.2, 0) is 16.6 Å². The van der Waals surface area contributed by atoms with Gasteiger partial charge in [-0.3, -0.25) is 10.1 Å². The van der Waals surface area contributed by atoms with Gasteiger partial charge >= 0.3 is 0 Å². The maximum Gasteiger partial charge on any atom is 0.281 e. The number of aromatic amines is 1. The fourth-order valence-electron chi connectivity index (χ4n) is 2.99. The Morgan fingerprint density at radius 3 is 2.79 bits per heavy atom. The zero-order valence-corrected chi connectivity index (χ0v) is 15.0. The minimum absolute atomic E-state index is 0.295. The van der Waals surface area contributed by atoms with E-state index in [4.69, 9.17) is 0 Å². The van der Waals surface area contributed by atoms with Crippen LogP contribution in [0.25, 0.3) is 11.4 Å². The number of rotatable bonds is 5. The maximum absolute atomic E-state index is 12.2. The molecule has 0 spiro atoms. The summed E-state index contributed by atoms with van der Waals surface area (Å²) in [6.45, 7) is 3.08. The molecular weight excluding hydrogens is 326 g/mol. The Balaban J connectivity index is 1.69. The average Bonchev–Trinajstić information content (AvgIpc) is 3.17. The average molecular weight is 349 g/mol. The zero-order chi connectivity index (χ0) is 17.3. The predicted molar refractivity (Wildman–Crippen MR) is 92.5 cm³/mol. The Labute approximate surface area is 142 Å². The number of H-pyrrole nitrogens is 1. The van der Waals surface area contributed by atoms with E-state index in [9.17, 15) is 8.42 Å². The summed E-state index contributed by atoms with van der Waals surface area (Å²) in [7, 11) is -0.180. The number of aryl methyl sites for hydroxylation is 1. The minimum atomic E-state index is -3.32. The van der Waals surface area contributed by atoms with Gasteiger partial charge < -0.3 is 0 Å². The molecule has 130 valence electrons. The maximum atomic E-state index is 12.2. The van der Waals surface area contributed by atoms with Crippen molar-refractivity contribution in [2.24, 2.45) is 5.92 Å². The fourth-order valence-corrected chi connectivity index (χ4v) is 4.18. The van der Waals surface area contributed by atoms with Gasteiger partial charge in [0.05, 0.1) is 5.69 Å². The molecule has 1 aliphatic heterocycles. The number of hydrogen-bond acceptors (Lipinski definition) is 4. The van der Waals surface area contributed by atoms with E-state index in [0.29, 0.717) is 19.0 Å². The molecule has 1 saturated heterocycles. The molecule has 1 N–H and O–H groups in total. The molecule has 0 aliphatic carbocycles. The van der Waals surface area contributed by atoms with Crippen LogP contribution in [0.3, 0.4) is 0 Å². The zero-order valence-electron chi connectivity index (χ0n) is 14.2. The van der Waals surface area contributed by atoms with Crippen LogP contribution in [0.2, 0.25) is 0 Å². The van der Waals surface area contributed by atoms with Gasteiger partial charge in [-0.05, 0) is 43.9 Å². The molecule has 7 nitrogen and oxygen atoms in total. The van der Waals surface area contributed by atoms with Crippen molar-refractivity contribution in [2.45, 2.75) is 19.8 Å². The van der Waals surface area contributed by atoms with Gasteiger partial charge in [0, 0.05) is 38.6 Å². The summed E-state index contributed by atoms with van der Waals surface area (Å²) in [5, 5.41) is 7.17. The molecule has 0 saturated carbocycles. The Morgan fingerprint density at radius 1 is 1.33 bits per heavy atom. The summed E-state index contributed by atoms with van der Waals surface area (Å²) in [6, 6.07) is 7.88.